The van der Waals surface area contributed by atoms with Crippen molar-refractivity contribution in [2.45, 2.75) is 27.7 Å². The summed E-state index contributed by atoms with van der Waals surface area (Å²) in [6.07, 6.45) is 0. The zero-order valence-corrected chi connectivity index (χ0v) is 18.4. The van der Waals surface area contributed by atoms with Gasteiger partial charge >= 0.3 is 6.03 Å². The van der Waals surface area contributed by atoms with Crippen LogP contribution in [0.2, 0.25) is 0 Å². The first kappa shape index (κ1) is 21.3. The van der Waals surface area contributed by atoms with Crippen molar-refractivity contribution >= 4 is 28.4 Å². The van der Waals surface area contributed by atoms with Crippen LogP contribution in [0.1, 0.15) is 23.6 Å². The predicted octanol–water partition coefficient (Wildman–Crippen LogP) is 3.02. The molecule has 0 unspecified atom stereocenters. The molecule has 1 aliphatic heterocycles. The highest BCUT2D eigenvalue weighted by Crippen LogP contribution is 2.29. The Kier molecular flexibility index (Phi) is 6.87. The van der Waals surface area contributed by atoms with E-state index in [9.17, 15) is 9.59 Å². The number of carbonyl (C=O) groups is 2. The maximum atomic E-state index is 12.4. The highest BCUT2D eigenvalue weighted by Gasteiger charge is 2.22. The SMILES string of the molecule is CCNC(=O)N1CCN(CC(=O)Nc2nc(-c3cc(C)c(C)cc3C)cs2)CC1. The molecular weight excluding hydrogens is 386 g/mol. The van der Waals surface area contributed by atoms with E-state index in [0.717, 1.165) is 11.3 Å². The smallest absolute Gasteiger partial charge is 0.317 e. The third-order valence-electron chi connectivity index (χ3n) is 5.22. The third kappa shape index (κ3) is 5.33. The van der Waals surface area contributed by atoms with E-state index < -0.39 is 0 Å². The summed E-state index contributed by atoms with van der Waals surface area (Å²) in [5.41, 5.74) is 5.67. The molecule has 0 aliphatic carbocycles. The monoisotopic (exact) mass is 415 g/mol. The summed E-state index contributed by atoms with van der Waals surface area (Å²) in [5.74, 6) is -0.0748. The standard InChI is InChI=1S/C21H29N5O2S/c1-5-22-21(28)26-8-6-25(7-9-26)12-19(27)24-20-23-18(13-29-20)17-11-15(3)14(2)10-16(17)4/h10-11,13H,5-9,12H2,1-4H3,(H,22,28)(H,23,24,27). The summed E-state index contributed by atoms with van der Waals surface area (Å²) < 4.78 is 0. The minimum absolute atomic E-state index is 0.0337. The van der Waals surface area contributed by atoms with E-state index in [1.54, 1.807) is 4.90 Å². The molecule has 3 rings (SSSR count). The average Bonchev–Trinajstić information content (AvgIpc) is 3.13. The third-order valence-corrected chi connectivity index (χ3v) is 5.98. The van der Waals surface area contributed by atoms with Crippen LogP contribution in [-0.2, 0) is 4.79 Å². The van der Waals surface area contributed by atoms with Gasteiger partial charge in [0.25, 0.3) is 0 Å². The number of aromatic nitrogens is 1. The van der Waals surface area contributed by atoms with Crippen molar-refractivity contribution in [1.29, 1.82) is 0 Å². The second kappa shape index (κ2) is 9.37. The molecule has 7 nitrogen and oxygen atoms in total. The molecule has 2 heterocycles. The molecule has 0 saturated carbocycles. The number of rotatable bonds is 5. The Labute approximate surface area is 176 Å². The topological polar surface area (TPSA) is 77.6 Å². The number of aryl methyl sites for hydroxylation is 3. The van der Waals surface area contributed by atoms with Gasteiger partial charge in [0, 0.05) is 43.7 Å². The average molecular weight is 416 g/mol. The number of urea groups is 1. The first-order valence-electron chi connectivity index (χ1n) is 9.96. The van der Waals surface area contributed by atoms with Crippen molar-refractivity contribution in [2.75, 3.05) is 44.6 Å². The van der Waals surface area contributed by atoms with E-state index in [1.807, 2.05) is 12.3 Å². The van der Waals surface area contributed by atoms with Gasteiger partial charge in [0.05, 0.1) is 12.2 Å². The number of carbonyl (C=O) groups excluding carboxylic acids is 2. The summed E-state index contributed by atoms with van der Waals surface area (Å²) in [7, 11) is 0. The van der Waals surface area contributed by atoms with E-state index in [1.165, 1.54) is 28.0 Å². The largest absolute Gasteiger partial charge is 0.338 e. The fourth-order valence-electron chi connectivity index (χ4n) is 3.43. The molecule has 1 aliphatic rings. The zero-order chi connectivity index (χ0) is 21.0. The summed E-state index contributed by atoms with van der Waals surface area (Å²) in [5, 5.41) is 8.32. The van der Waals surface area contributed by atoms with Gasteiger partial charge in [0.1, 0.15) is 0 Å². The van der Waals surface area contributed by atoms with Gasteiger partial charge in [-0.2, -0.15) is 0 Å². The lowest BCUT2D eigenvalue weighted by Gasteiger charge is -2.34. The van der Waals surface area contributed by atoms with E-state index in [0.29, 0.717) is 44.4 Å². The van der Waals surface area contributed by atoms with E-state index in [2.05, 4.69) is 53.4 Å². The second-order valence-corrected chi connectivity index (χ2v) is 8.29. The van der Waals surface area contributed by atoms with Gasteiger partial charge in [-0.1, -0.05) is 6.07 Å². The van der Waals surface area contributed by atoms with Crippen molar-refractivity contribution in [2.24, 2.45) is 0 Å². The number of piperazine rings is 1. The van der Waals surface area contributed by atoms with Gasteiger partial charge in [-0.15, -0.1) is 11.3 Å². The zero-order valence-electron chi connectivity index (χ0n) is 17.5. The first-order chi connectivity index (χ1) is 13.9. The lowest BCUT2D eigenvalue weighted by molar-refractivity contribution is -0.117. The van der Waals surface area contributed by atoms with Crippen LogP contribution in [0, 0.1) is 20.8 Å². The number of nitrogens with zero attached hydrogens (tertiary/aromatic N) is 3. The van der Waals surface area contributed by atoms with Crippen LogP contribution >= 0.6 is 11.3 Å². The van der Waals surface area contributed by atoms with Crippen molar-refractivity contribution in [1.82, 2.24) is 20.1 Å². The molecule has 0 radical (unpaired) electrons. The van der Waals surface area contributed by atoms with E-state index in [-0.39, 0.29) is 11.9 Å². The molecule has 0 atom stereocenters. The quantitative estimate of drug-likeness (QED) is 0.787. The number of amides is 3. The Morgan fingerprint density at radius 2 is 1.76 bits per heavy atom. The molecule has 0 bridgehead atoms. The second-order valence-electron chi connectivity index (χ2n) is 7.44. The summed E-state index contributed by atoms with van der Waals surface area (Å²) >= 11 is 1.44. The Hall–Kier alpha value is -2.45. The van der Waals surface area contributed by atoms with Crippen LogP contribution in [0.15, 0.2) is 17.5 Å². The Bertz CT molecular complexity index is 887. The molecule has 8 heteroatoms. The number of hydrogen-bond donors (Lipinski definition) is 2. The highest BCUT2D eigenvalue weighted by atomic mass is 32.1. The van der Waals surface area contributed by atoms with E-state index in [4.69, 9.17) is 0 Å². The lowest BCUT2D eigenvalue weighted by Crippen LogP contribution is -2.52. The molecular formula is C21H29N5O2S. The number of benzene rings is 1. The molecule has 2 N–H and O–H groups in total. The molecule has 2 aromatic rings. The Morgan fingerprint density at radius 3 is 2.45 bits per heavy atom. The van der Waals surface area contributed by atoms with Crippen LogP contribution in [0.3, 0.4) is 0 Å². The predicted molar refractivity (Wildman–Crippen MR) is 117 cm³/mol. The van der Waals surface area contributed by atoms with Crippen LogP contribution in [0.4, 0.5) is 9.93 Å². The summed E-state index contributed by atoms with van der Waals surface area (Å²) in [6.45, 7) is 11.8. The van der Waals surface area contributed by atoms with Crippen molar-refractivity contribution in [3.8, 4) is 11.3 Å². The molecule has 1 aromatic carbocycles. The molecule has 1 aromatic heterocycles. The minimum atomic E-state index is -0.0748. The molecule has 1 fully saturated rings. The normalized spacial score (nSPS) is 14.7. The van der Waals surface area contributed by atoms with Gasteiger partial charge in [-0.3, -0.25) is 9.69 Å². The van der Waals surface area contributed by atoms with Crippen molar-refractivity contribution < 1.29 is 9.59 Å². The summed E-state index contributed by atoms with van der Waals surface area (Å²) in [4.78, 5) is 32.8. The van der Waals surface area contributed by atoms with Gasteiger partial charge < -0.3 is 15.5 Å². The first-order valence-corrected chi connectivity index (χ1v) is 10.8. The molecule has 1 saturated heterocycles. The lowest BCUT2D eigenvalue weighted by atomic mass is 9.99. The van der Waals surface area contributed by atoms with Gasteiger partial charge in [-0.05, 0) is 50.5 Å². The molecule has 0 spiro atoms. The Morgan fingerprint density at radius 1 is 1.07 bits per heavy atom. The fraction of sp³-hybridized carbons (Fsp3) is 0.476. The highest BCUT2D eigenvalue weighted by molar-refractivity contribution is 7.14. The molecule has 29 heavy (non-hydrogen) atoms. The van der Waals surface area contributed by atoms with Crippen LogP contribution in [0.5, 0.6) is 0 Å². The number of nitrogens with one attached hydrogen (secondary N) is 2. The van der Waals surface area contributed by atoms with Crippen molar-refractivity contribution in [3.05, 3.63) is 34.2 Å². The molecule has 3 amide bonds. The summed E-state index contributed by atoms with van der Waals surface area (Å²) in [6, 6.07) is 4.29. The molecule has 156 valence electrons. The van der Waals surface area contributed by atoms with Crippen molar-refractivity contribution in [3.63, 3.8) is 0 Å². The van der Waals surface area contributed by atoms with Gasteiger partial charge in [0.15, 0.2) is 5.13 Å². The Balaban J connectivity index is 1.54. The maximum absolute atomic E-state index is 12.4. The maximum Gasteiger partial charge on any atom is 0.317 e. The number of hydrogen-bond acceptors (Lipinski definition) is 5. The van der Waals surface area contributed by atoms with Crippen LogP contribution in [0.25, 0.3) is 11.3 Å². The van der Waals surface area contributed by atoms with Crippen LogP contribution < -0.4 is 10.6 Å². The van der Waals surface area contributed by atoms with Crippen LogP contribution in [-0.4, -0.2) is 66.0 Å². The minimum Gasteiger partial charge on any atom is -0.338 e. The van der Waals surface area contributed by atoms with Gasteiger partial charge in [0.2, 0.25) is 5.91 Å². The number of anilines is 1. The number of thiazole rings is 1. The fourth-order valence-corrected chi connectivity index (χ4v) is 4.15. The van der Waals surface area contributed by atoms with Gasteiger partial charge in [-0.25, -0.2) is 9.78 Å². The van der Waals surface area contributed by atoms with E-state index >= 15 is 0 Å².